The van der Waals surface area contributed by atoms with Crippen molar-refractivity contribution in [3.05, 3.63) is 60.0 Å². The largest absolute Gasteiger partial charge is 0.345 e. The zero-order valence-corrected chi connectivity index (χ0v) is 21.2. The van der Waals surface area contributed by atoms with Crippen LogP contribution in [0.5, 0.6) is 0 Å². The predicted molar refractivity (Wildman–Crippen MR) is 139 cm³/mol. The molecule has 1 unspecified atom stereocenters. The van der Waals surface area contributed by atoms with Crippen LogP contribution in [0, 0.1) is 23.1 Å². The predicted octanol–water partition coefficient (Wildman–Crippen LogP) is 5.43. The standard InChI is InChI=1S/C29H40FN3O2/c1-21(22(2)34)27(24-9-12-26(30)13-10-24)14-11-25(19-23-7-5-4-6-8-23)28(35)32-29(20-31)15-17-33(3)18-16-29/h9-14,20,23,25,27,31H,1,4-8,15-19H2,2-3H3,(H,32,35)/b14-11+,31-20?/t25-,27?/m0/s1. The van der Waals surface area contributed by atoms with Crippen LogP contribution in [0.4, 0.5) is 4.39 Å². The molecule has 1 amide bonds. The van der Waals surface area contributed by atoms with Gasteiger partial charge in [-0.1, -0.05) is 63.0 Å². The van der Waals surface area contributed by atoms with E-state index in [4.69, 9.17) is 5.41 Å². The third kappa shape index (κ3) is 7.44. The summed E-state index contributed by atoms with van der Waals surface area (Å²) in [6, 6.07) is 6.09. The molecule has 0 spiro atoms. The number of piperidine rings is 1. The van der Waals surface area contributed by atoms with Gasteiger partial charge in [-0.3, -0.25) is 9.59 Å². The lowest BCUT2D eigenvalue weighted by molar-refractivity contribution is -0.125. The van der Waals surface area contributed by atoms with Gasteiger partial charge < -0.3 is 15.6 Å². The van der Waals surface area contributed by atoms with Crippen LogP contribution in [0.15, 0.2) is 48.6 Å². The van der Waals surface area contributed by atoms with Gasteiger partial charge in [0.2, 0.25) is 5.91 Å². The highest BCUT2D eigenvalue weighted by Crippen LogP contribution is 2.32. The Morgan fingerprint density at radius 1 is 1.17 bits per heavy atom. The average Bonchev–Trinajstić information content (AvgIpc) is 2.86. The fourth-order valence-corrected chi connectivity index (χ4v) is 5.28. The topological polar surface area (TPSA) is 73.3 Å². The van der Waals surface area contributed by atoms with Crippen LogP contribution in [0.3, 0.4) is 0 Å². The van der Waals surface area contributed by atoms with Crippen LogP contribution in [0.2, 0.25) is 0 Å². The van der Waals surface area contributed by atoms with Gasteiger partial charge in [0.25, 0.3) is 0 Å². The van der Waals surface area contributed by atoms with Crippen LogP contribution in [-0.4, -0.2) is 48.5 Å². The Morgan fingerprint density at radius 3 is 2.37 bits per heavy atom. The van der Waals surface area contributed by atoms with Crippen LogP contribution < -0.4 is 5.32 Å². The number of hydrogen-bond acceptors (Lipinski definition) is 4. The summed E-state index contributed by atoms with van der Waals surface area (Å²) in [5.74, 6) is -0.836. The minimum atomic E-state index is -0.610. The molecule has 1 aromatic carbocycles. The Labute approximate surface area is 209 Å². The average molecular weight is 482 g/mol. The molecular formula is C29H40FN3O2. The highest BCUT2D eigenvalue weighted by atomic mass is 19.1. The number of Topliss-reactive ketones (excluding diaryl/α,β-unsaturated/α-hetero) is 1. The summed E-state index contributed by atoms with van der Waals surface area (Å²) in [5, 5.41) is 11.3. The molecule has 2 atom stereocenters. The molecule has 0 bridgehead atoms. The molecular weight excluding hydrogens is 441 g/mol. The number of hydrogen-bond donors (Lipinski definition) is 2. The fraction of sp³-hybridized carbons (Fsp3) is 0.552. The van der Waals surface area contributed by atoms with Crippen molar-refractivity contribution in [2.45, 2.75) is 69.7 Å². The van der Waals surface area contributed by atoms with E-state index in [-0.39, 0.29) is 23.4 Å². The smallest absolute Gasteiger partial charge is 0.227 e. The lowest BCUT2D eigenvalue weighted by atomic mass is 9.80. The molecule has 6 heteroatoms. The molecule has 2 fully saturated rings. The number of nitrogens with zero attached hydrogens (tertiary/aromatic N) is 1. The first-order chi connectivity index (χ1) is 16.7. The number of benzene rings is 1. The quantitative estimate of drug-likeness (QED) is 0.266. The van der Waals surface area contributed by atoms with Crippen LogP contribution in [-0.2, 0) is 9.59 Å². The van der Waals surface area contributed by atoms with Gasteiger partial charge in [0.05, 0.1) is 11.5 Å². The molecule has 1 saturated heterocycles. The lowest BCUT2D eigenvalue weighted by Gasteiger charge is -2.39. The Kier molecular flexibility index (Phi) is 9.55. The van der Waals surface area contributed by atoms with E-state index in [1.54, 1.807) is 12.1 Å². The summed E-state index contributed by atoms with van der Waals surface area (Å²) in [6.45, 7) is 7.14. The monoisotopic (exact) mass is 481 g/mol. The summed E-state index contributed by atoms with van der Waals surface area (Å²) in [5.41, 5.74) is 0.573. The van der Waals surface area contributed by atoms with E-state index >= 15 is 0 Å². The van der Waals surface area contributed by atoms with Gasteiger partial charge in [-0.2, -0.15) is 0 Å². The Bertz CT molecular complexity index is 926. The van der Waals surface area contributed by atoms with Gasteiger partial charge in [0.15, 0.2) is 5.78 Å². The second-order valence-corrected chi connectivity index (χ2v) is 10.4. The second-order valence-electron chi connectivity index (χ2n) is 10.4. The second kappa shape index (κ2) is 12.4. The number of ketones is 1. The maximum atomic E-state index is 13.6. The van der Waals surface area contributed by atoms with Crippen molar-refractivity contribution in [3.8, 4) is 0 Å². The van der Waals surface area contributed by atoms with Gasteiger partial charge in [-0.15, -0.1) is 0 Å². The first-order valence-electron chi connectivity index (χ1n) is 12.9. The van der Waals surface area contributed by atoms with Crippen LogP contribution >= 0.6 is 0 Å². The van der Waals surface area contributed by atoms with Gasteiger partial charge >= 0.3 is 0 Å². The molecule has 2 N–H and O–H groups in total. The van der Waals surface area contributed by atoms with Gasteiger partial charge in [-0.25, -0.2) is 4.39 Å². The minimum absolute atomic E-state index is 0.0637. The van der Waals surface area contributed by atoms with Crippen molar-refractivity contribution >= 4 is 17.9 Å². The normalized spacial score (nSPS) is 20.8. The fourth-order valence-electron chi connectivity index (χ4n) is 5.28. The number of amides is 1. The number of halogens is 1. The minimum Gasteiger partial charge on any atom is -0.345 e. The van der Waals surface area contributed by atoms with Crippen molar-refractivity contribution in [1.29, 1.82) is 5.41 Å². The Morgan fingerprint density at radius 2 is 1.80 bits per heavy atom. The number of rotatable bonds is 10. The maximum absolute atomic E-state index is 13.6. The molecule has 3 rings (SSSR count). The first-order valence-corrected chi connectivity index (χ1v) is 12.9. The summed E-state index contributed by atoms with van der Waals surface area (Å²) in [4.78, 5) is 28.0. The SMILES string of the molecule is C=C(C(C)=O)C(/C=C/[C@@H](CC1CCCCC1)C(=O)NC1(C=N)CCN(C)CC1)c1ccc(F)cc1. The van der Waals surface area contributed by atoms with Crippen molar-refractivity contribution in [2.24, 2.45) is 11.8 Å². The highest BCUT2D eigenvalue weighted by molar-refractivity contribution is 5.94. The summed E-state index contributed by atoms with van der Waals surface area (Å²) in [6.07, 6.45) is 13.3. The van der Waals surface area contributed by atoms with E-state index in [1.807, 2.05) is 12.2 Å². The molecule has 1 heterocycles. The first kappa shape index (κ1) is 27.0. The zero-order valence-electron chi connectivity index (χ0n) is 21.2. The molecule has 0 radical (unpaired) electrons. The maximum Gasteiger partial charge on any atom is 0.227 e. The van der Waals surface area contributed by atoms with Crippen molar-refractivity contribution in [3.63, 3.8) is 0 Å². The van der Waals surface area contributed by atoms with Crippen molar-refractivity contribution < 1.29 is 14.0 Å². The third-order valence-electron chi connectivity index (χ3n) is 7.77. The van der Waals surface area contributed by atoms with Crippen LogP contribution in [0.1, 0.15) is 69.8 Å². The van der Waals surface area contributed by atoms with Gasteiger partial charge in [-0.05, 0) is 62.4 Å². The van der Waals surface area contributed by atoms with E-state index in [0.717, 1.165) is 50.8 Å². The molecule has 1 aliphatic heterocycles. The Balaban J connectivity index is 1.85. The van der Waals surface area contributed by atoms with E-state index in [0.29, 0.717) is 11.5 Å². The molecule has 1 aliphatic carbocycles. The number of carbonyl (C=O) groups is 2. The number of allylic oxidation sites excluding steroid dienone is 2. The summed E-state index contributed by atoms with van der Waals surface area (Å²) >= 11 is 0. The Hall–Kier alpha value is -2.60. The number of nitrogens with one attached hydrogen (secondary N) is 2. The van der Waals surface area contributed by atoms with E-state index in [1.165, 1.54) is 44.5 Å². The molecule has 0 aromatic heterocycles. The summed E-state index contributed by atoms with van der Waals surface area (Å²) in [7, 11) is 2.06. The zero-order chi connectivity index (χ0) is 25.4. The molecule has 190 valence electrons. The van der Waals surface area contributed by atoms with Crippen molar-refractivity contribution in [2.75, 3.05) is 20.1 Å². The van der Waals surface area contributed by atoms with E-state index < -0.39 is 11.5 Å². The molecule has 1 aromatic rings. The molecule has 35 heavy (non-hydrogen) atoms. The highest BCUT2D eigenvalue weighted by Gasteiger charge is 2.35. The van der Waals surface area contributed by atoms with Gasteiger partial charge in [0, 0.05) is 25.2 Å². The van der Waals surface area contributed by atoms with Crippen LogP contribution in [0.25, 0.3) is 0 Å². The molecule has 1 saturated carbocycles. The van der Waals surface area contributed by atoms with Gasteiger partial charge in [0.1, 0.15) is 5.82 Å². The summed E-state index contributed by atoms with van der Waals surface area (Å²) < 4.78 is 13.5. The number of carbonyl (C=O) groups excluding carboxylic acids is 2. The third-order valence-corrected chi connectivity index (χ3v) is 7.77. The number of likely N-dealkylation sites (tertiary alicyclic amines) is 1. The molecule has 5 nitrogen and oxygen atoms in total. The van der Waals surface area contributed by atoms with E-state index in [9.17, 15) is 14.0 Å². The lowest BCUT2D eigenvalue weighted by Crippen LogP contribution is -2.56. The van der Waals surface area contributed by atoms with Crippen molar-refractivity contribution in [1.82, 2.24) is 10.2 Å². The molecule has 2 aliphatic rings. The van der Waals surface area contributed by atoms with E-state index in [2.05, 4.69) is 23.8 Å².